The molecule has 1 fully saturated rings. The summed E-state index contributed by atoms with van der Waals surface area (Å²) in [6, 6.07) is 3.87. The minimum absolute atomic E-state index is 0.327. The molecule has 0 aliphatic carbocycles. The summed E-state index contributed by atoms with van der Waals surface area (Å²) >= 11 is 0. The van der Waals surface area contributed by atoms with Gasteiger partial charge in [-0.2, -0.15) is 0 Å². The van der Waals surface area contributed by atoms with Gasteiger partial charge in [-0.15, -0.1) is 0 Å². The maximum Gasteiger partial charge on any atom is 0.129 e. The number of nitrogens with zero attached hydrogens (tertiary/aromatic N) is 1. The fourth-order valence-electron chi connectivity index (χ4n) is 2.71. The quantitative estimate of drug-likeness (QED) is 0.763. The lowest BCUT2D eigenvalue weighted by molar-refractivity contribution is 0.0902. The number of rotatable bonds is 8. The fourth-order valence-corrected chi connectivity index (χ4v) is 2.71. The second-order valence-electron chi connectivity index (χ2n) is 6.07. The maximum absolute atomic E-state index is 10.1. The molecule has 0 saturated carbocycles. The van der Waals surface area contributed by atoms with Crippen LogP contribution in [0.1, 0.15) is 31.3 Å². The maximum atomic E-state index is 10.1. The van der Waals surface area contributed by atoms with E-state index in [4.69, 9.17) is 9.15 Å². The van der Waals surface area contributed by atoms with Crippen molar-refractivity contribution in [1.29, 1.82) is 0 Å². The number of ether oxygens (including phenoxy) is 1. The first-order valence-electron chi connectivity index (χ1n) is 7.85. The Labute approximate surface area is 127 Å². The molecular formula is C16H28N2O3. The van der Waals surface area contributed by atoms with Gasteiger partial charge in [0.25, 0.3) is 0 Å². The molecule has 5 heteroatoms. The van der Waals surface area contributed by atoms with Gasteiger partial charge in [0, 0.05) is 20.2 Å². The highest BCUT2D eigenvalue weighted by Crippen LogP contribution is 2.15. The normalized spacial score (nSPS) is 19.0. The van der Waals surface area contributed by atoms with E-state index in [-0.39, 0.29) is 6.10 Å². The number of furan rings is 1. The topological polar surface area (TPSA) is 57.9 Å². The molecule has 0 spiro atoms. The van der Waals surface area contributed by atoms with Crippen molar-refractivity contribution < 1.29 is 14.3 Å². The SMILES string of the molecule is COCc1ccc(CNCC(O)CN2CCC(C)CC2)o1. The summed E-state index contributed by atoms with van der Waals surface area (Å²) in [6.07, 6.45) is 2.16. The molecule has 2 N–H and O–H groups in total. The van der Waals surface area contributed by atoms with Gasteiger partial charge < -0.3 is 24.5 Å². The van der Waals surface area contributed by atoms with E-state index in [1.54, 1.807) is 7.11 Å². The highest BCUT2D eigenvalue weighted by atomic mass is 16.5. The average molecular weight is 296 g/mol. The number of nitrogens with one attached hydrogen (secondary N) is 1. The standard InChI is InChI=1S/C16H28N2O3/c1-13-5-7-18(8-6-13)11-14(19)9-17-10-15-3-4-16(21-15)12-20-2/h3-4,13-14,17,19H,5-12H2,1-2H3. The molecule has 120 valence electrons. The molecule has 0 amide bonds. The van der Waals surface area contributed by atoms with E-state index in [1.165, 1.54) is 12.8 Å². The highest BCUT2D eigenvalue weighted by molar-refractivity contribution is 5.06. The van der Waals surface area contributed by atoms with E-state index >= 15 is 0 Å². The number of likely N-dealkylation sites (tertiary alicyclic amines) is 1. The first-order valence-corrected chi connectivity index (χ1v) is 7.85. The molecule has 0 aromatic carbocycles. The van der Waals surface area contributed by atoms with Crippen LogP contribution in [0, 0.1) is 5.92 Å². The van der Waals surface area contributed by atoms with Gasteiger partial charge in [-0.3, -0.25) is 0 Å². The van der Waals surface area contributed by atoms with Crippen molar-refractivity contribution in [3.63, 3.8) is 0 Å². The first kappa shape index (κ1) is 16.5. The second kappa shape index (κ2) is 8.54. The smallest absolute Gasteiger partial charge is 0.129 e. The lowest BCUT2D eigenvalue weighted by Crippen LogP contribution is -2.41. The molecule has 1 atom stereocenters. The monoisotopic (exact) mass is 296 g/mol. The lowest BCUT2D eigenvalue weighted by atomic mass is 9.99. The van der Waals surface area contributed by atoms with E-state index in [1.807, 2.05) is 12.1 Å². The van der Waals surface area contributed by atoms with Crippen LogP contribution in [-0.2, 0) is 17.9 Å². The molecule has 2 heterocycles. The summed E-state index contributed by atoms with van der Waals surface area (Å²) in [4.78, 5) is 2.36. The van der Waals surface area contributed by atoms with Crippen LogP contribution in [0.3, 0.4) is 0 Å². The van der Waals surface area contributed by atoms with Crippen LogP contribution in [0.25, 0.3) is 0 Å². The molecule has 1 aromatic heterocycles. The number of aliphatic hydroxyl groups is 1. The molecule has 5 nitrogen and oxygen atoms in total. The number of aliphatic hydroxyl groups excluding tert-OH is 1. The van der Waals surface area contributed by atoms with Crippen LogP contribution in [0.4, 0.5) is 0 Å². The highest BCUT2D eigenvalue weighted by Gasteiger charge is 2.18. The Morgan fingerprint density at radius 2 is 2.10 bits per heavy atom. The summed E-state index contributed by atoms with van der Waals surface area (Å²) in [5, 5.41) is 13.3. The van der Waals surface area contributed by atoms with Crippen LogP contribution in [0.2, 0.25) is 0 Å². The van der Waals surface area contributed by atoms with Crippen LogP contribution in [0.15, 0.2) is 16.5 Å². The summed E-state index contributed by atoms with van der Waals surface area (Å²) in [5.41, 5.74) is 0. The number of methoxy groups -OCH3 is 1. The summed E-state index contributed by atoms with van der Waals surface area (Å²) in [6.45, 7) is 7.00. The lowest BCUT2D eigenvalue weighted by Gasteiger charge is -2.31. The van der Waals surface area contributed by atoms with Gasteiger partial charge in [-0.25, -0.2) is 0 Å². The predicted octanol–water partition coefficient (Wildman–Crippen LogP) is 1.61. The average Bonchev–Trinajstić information content (AvgIpc) is 2.89. The van der Waals surface area contributed by atoms with Crippen molar-refractivity contribution in [3.05, 3.63) is 23.7 Å². The second-order valence-corrected chi connectivity index (χ2v) is 6.07. The predicted molar refractivity (Wildman–Crippen MR) is 82.0 cm³/mol. The molecule has 1 aromatic rings. The summed E-state index contributed by atoms with van der Waals surface area (Å²) in [5.74, 6) is 2.54. The third kappa shape index (κ3) is 5.79. The van der Waals surface area contributed by atoms with Gasteiger partial charge >= 0.3 is 0 Å². The van der Waals surface area contributed by atoms with Crippen LogP contribution in [0.5, 0.6) is 0 Å². The van der Waals surface area contributed by atoms with Crippen molar-refractivity contribution in [1.82, 2.24) is 10.2 Å². The zero-order valence-electron chi connectivity index (χ0n) is 13.2. The number of hydrogen-bond acceptors (Lipinski definition) is 5. The van der Waals surface area contributed by atoms with E-state index in [9.17, 15) is 5.11 Å². The Bertz CT molecular complexity index is 400. The third-order valence-corrected chi connectivity index (χ3v) is 4.03. The Morgan fingerprint density at radius 3 is 2.81 bits per heavy atom. The molecule has 21 heavy (non-hydrogen) atoms. The molecule has 1 aliphatic rings. The zero-order chi connectivity index (χ0) is 15.1. The molecule has 1 saturated heterocycles. The van der Waals surface area contributed by atoms with Gasteiger partial charge in [0.2, 0.25) is 0 Å². The summed E-state index contributed by atoms with van der Waals surface area (Å²) < 4.78 is 10.6. The van der Waals surface area contributed by atoms with Gasteiger partial charge in [0.15, 0.2) is 0 Å². The first-order chi connectivity index (χ1) is 10.2. The van der Waals surface area contributed by atoms with Crippen molar-refractivity contribution in [2.45, 2.75) is 39.0 Å². The van der Waals surface area contributed by atoms with Crippen molar-refractivity contribution >= 4 is 0 Å². The Hall–Kier alpha value is -0.880. The molecular weight excluding hydrogens is 268 g/mol. The zero-order valence-corrected chi connectivity index (χ0v) is 13.2. The molecule has 0 radical (unpaired) electrons. The third-order valence-electron chi connectivity index (χ3n) is 4.03. The van der Waals surface area contributed by atoms with Crippen LogP contribution >= 0.6 is 0 Å². The molecule has 2 rings (SSSR count). The summed E-state index contributed by atoms with van der Waals surface area (Å²) in [7, 11) is 1.65. The molecule has 1 aliphatic heterocycles. The molecule has 1 unspecified atom stereocenters. The van der Waals surface area contributed by atoms with Gasteiger partial charge in [0.05, 0.1) is 12.6 Å². The van der Waals surface area contributed by atoms with Crippen molar-refractivity contribution in [2.24, 2.45) is 5.92 Å². The Kier molecular flexibility index (Phi) is 6.70. The minimum atomic E-state index is -0.327. The van der Waals surface area contributed by atoms with Gasteiger partial charge in [0.1, 0.15) is 18.1 Å². The number of β-amino-alcohol motifs (C(OH)–C–C–N with tert-alkyl or cyclic N) is 1. The van der Waals surface area contributed by atoms with Crippen LogP contribution < -0.4 is 5.32 Å². The fraction of sp³-hybridized carbons (Fsp3) is 0.750. The van der Waals surface area contributed by atoms with E-state index in [0.29, 0.717) is 19.7 Å². The van der Waals surface area contributed by atoms with Gasteiger partial charge in [-0.1, -0.05) is 6.92 Å². The number of hydrogen-bond donors (Lipinski definition) is 2. The molecule has 0 bridgehead atoms. The van der Waals surface area contributed by atoms with Crippen molar-refractivity contribution in [3.8, 4) is 0 Å². The largest absolute Gasteiger partial charge is 0.462 e. The minimum Gasteiger partial charge on any atom is -0.462 e. The van der Waals surface area contributed by atoms with E-state index in [2.05, 4.69) is 17.1 Å². The Morgan fingerprint density at radius 1 is 1.38 bits per heavy atom. The van der Waals surface area contributed by atoms with Crippen molar-refractivity contribution in [2.75, 3.05) is 33.3 Å². The number of piperidine rings is 1. The van der Waals surface area contributed by atoms with E-state index < -0.39 is 0 Å². The van der Waals surface area contributed by atoms with Crippen LogP contribution in [-0.4, -0.2) is 49.4 Å². The van der Waals surface area contributed by atoms with E-state index in [0.717, 1.165) is 37.1 Å². The van der Waals surface area contributed by atoms with Gasteiger partial charge in [-0.05, 0) is 44.0 Å². The Balaban J connectivity index is 1.61.